The van der Waals surface area contributed by atoms with E-state index in [9.17, 15) is 9.59 Å². The first-order valence-electron chi connectivity index (χ1n) is 12.1. The Morgan fingerprint density at radius 3 is 2.32 bits per heavy atom. The van der Waals surface area contributed by atoms with Gasteiger partial charge in [-0.05, 0) is 37.4 Å². The first kappa shape index (κ1) is 24.2. The van der Waals surface area contributed by atoms with Crippen LogP contribution in [0.5, 0.6) is 17.2 Å². The molecule has 5 rings (SSSR count). The highest BCUT2D eigenvalue weighted by Crippen LogP contribution is 2.41. The van der Waals surface area contributed by atoms with Gasteiger partial charge in [-0.25, -0.2) is 19.3 Å². The number of fused-ring (bicyclic) bond motifs is 3. The summed E-state index contributed by atoms with van der Waals surface area (Å²) in [5.74, 6) is -0.493. The Kier molecular flexibility index (Phi) is 6.96. The van der Waals surface area contributed by atoms with Crippen LogP contribution in [0.15, 0.2) is 72.9 Å². The van der Waals surface area contributed by atoms with Crippen molar-refractivity contribution in [3.63, 3.8) is 0 Å². The fraction of sp³-hybridized carbons (Fsp3) is 0.214. The minimum atomic E-state index is -0.691. The molecule has 0 saturated heterocycles. The van der Waals surface area contributed by atoms with E-state index in [1.807, 2.05) is 54.6 Å². The van der Waals surface area contributed by atoms with Crippen LogP contribution in [0.2, 0.25) is 0 Å². The van der Waals surface area contributed by atoms with Gasteiger partial charge in [0.05, 0.1) is 17.3 Å². The molecule has 0 spiro atoms. The molecule has 1 aliphatic heterocycles. The molecule has 0 atom stereocenters. The van der Waals surface area contributed by atoms with Crippen LogP contribution in [-0.2, 0) is 9.59 Å². The fourth-order valence-electron chi connectivity index (χ4n) is 4.12. The van der Waals surface area contributed by atoms with Crippen molar-refractivity contribution in [3.05, 3.63) is 72.9 Å². The molecule has 1 aliphatic rings. The van der Waals surface area contributed by atoms with Crippen molar-refractivity contribution in [2.24, 2.45) is 0 Å². The molecule has 2 aromatic heterocycles. The lowest BCUT2D eigenvalue weighted by Crippen LogP contribution is -2.27. The number of hydrogen-bond donors (Lipinski definition) is 0. The van der Waals surface area contributed by atoms with Crippen LogP contribution < -0.4 is 14.2 Å². The fourth-order valence-corrected chi connectivity index (χ4v) is 4.12. The van der Waals surface area contributed by atoms with E-state index >= 15 is 0 Å². The smallest absolute Gasteiger partial charge is 0.336 e. The van der Waals surface area contributed by atoms with Crippen LogP contribution in [0, 0.1) is 0 Å². The number of aromatic nitrogens is 3. The molecular formula is C28H26N4O5. The minimum absolute atomic E-state index is 0.0453. The summed E-state index contributed by atoms with van der Waals surface area (Å²) in [7, 11) is 0. The number of likely N-dealkylation sites (N-methyl/N-ethyl adjacent to an activating group) is 1. The van der Waals surface area contributed by atoms with Gasteiger partial charge in [-0.1, -0.05) is 44.2 Å². The molecule has 0 radical (unpaired) electrons. The molecule has 0 saturated carbocycles. The first-order valence-corrected chi connectivity index (χ1v) is 12.1. The molecule has 0 aliphatic carbocycles. The molecule has 0 unspecified atom stereocenters. The van der Waals surface area contributed by atoms with E-state index in [-0.39, 0.29) is 11.5 Å². The zero-order valence-corrected chi connectivity index (χ0v) is 20.6. The maximum absolute atomic E-state index is 12.3. The van der Waals surface area contributed by atoms with Crippen molar-refractivity contribution in [2.45, 2.75) is 13.8 Å². The molecule has 37 heavy (non-hydrogen) atoms. The average molecular weight is 499 g/mol. The van der Waals surface area contributed by atoms with E-state index in [0.29, 0.717) is 23.3 Å². The molecule has 0 amide bonds. The molecule has 0 bridgehead atoms. The van der Waals surface area contributed by atoms with E-state index in [0.717, 1.165) is 48.8 Å². The van der Waals surface area contributed by atoms with E-state index in [1.165, 1.54) is 6.20 Å². The maximum Gasteiger partial charge on any atom is 0.336 e. The molecule has 2 aromatic carbocycles. The van der Waals surface area contributed by atoms with Gasteiger partial charge in [0, 0.05) is 24.3 Å². The summed E-state index contributed by atoms with van der Waals surface area (Å²) in [6.45, 7) is 7.68. The lowest BCUT2D eigenvalue weighted by molar-refractivity contribution is -0.133. The van der Waals surface area contributed by atoms with Crippen molar-refractivity contribution in [2.75, 3.05) is 26.2 Å². The first-order chi connectivity index (χ1) is 18.1. The number of pyridine rings is 1. The second kappa shape index (κ2) is 10.6. The Bertz CT molecular complexity index is 1460. The Morgan fingerprint density at radius 2 is 1.62 bits per heavy atom. The van der Waals surface area contributed by atoms with Gasteiger partial charge in [0.25, 0.3) is 0 Å². The monoisotopic (exact) mass is 498 g/mol. The van der Waals surface area contributed by atoms with Crippen LogP contribution in [0.1, 0.15) is 13.8 Å². The number of esters is 2. The molecule has 0 N–H and O–H groups in total. The normalized spacial score (nSPS) is 14.0. The summed E-state index contributed by atoms with van der Waals surface area (Å²) < 4.78 is 18.5. The SMILES string of the molecule is CCN(CC)CCOc1ccc(-n2nc(-c3ccccc3)c3c4c(cnc32)OC(=O)/C=C\C(=O)O4)cc1. The van der Waals surface area contributed by atoms with Gasteiger partial charge in [0.2, 0.25) is 0 Å². The van der Waals surface area contributed by atoms with Gasteiger partial charge in [0.15, 0.2) is 17.1 Å². The number of ether oxygens (including phenoxy) is 3. The van der Waals surface area contributed by atoms with Gasteiger partial charge in [0.1, 0.15) is 18.1 Å². The number of benzene rings is 2. The largest absolute Gasteiger partial charge is 0.492 e. The van der Waals surface area contributed by atoms with E-state index in [4.69, 9.17) is 19.3 Å². The molecule has 9 heteroatoms. The summed E-state index contributed by atoms with van der Waals surface area (Å²) in [6.07, 6.45) is 3.41. The third-order valence-electron chi connectivity index (χ3n) is 6.08. The molecule has 9 nitrogen and oxygen atoms in total. The zero-order valence-electron chi connectivity index (χ0n) is 20.6. The van der Waals surface area contributed by atoms with Crippen LogP contribution in [0.3, 0.4) is 0 Å². The van der Waals surface area contributed by atoms with Gasteiger partial charge < -0.3 is 19.1 Å². The number of carbonyl (C=O) groups is 2. The van der Waals surface area contributed by atoms with Crippen LogP contribution in [-0.4, -0.2) is 57.8 Å². The highest BCUT2D eigenvalue weighted by Gasteiger charge is 2.26. The third-order valence-corrected chi connectivity index (χ3v) is 6.08. The highest BCUT2D eigenvalue weighted by molar-refractivity contribution is 6.03. The number of carbonyl (C=O) groups excluding carboxylic acids is 2. The highest BCUT2D eigenvalue weighted by atomic mass is 16.6. The predicted molar refractivity (Wildman–Crippen MR) is 138 cm³/mol. The molecular weight excluding hydrogens is 472 g/mol. The standard InChI is InChI=1S/C28H26N4O5/c1-3-31(4-2)16-17-35-21-12-10-20(11-13-21)32-28-25(26(30-32)19-8-6-5-7-9-19)27-22(18-29-28)36-23(33)14-15-24(34)37-27/h5-15,18H,3-4,16-17H2,1-2H3/b15-14-. The number of rotatable bonds is 8. The summed E-state index contributed by atoms with van der Waals surface area (Å²) in [6, 6.07) is 17.0. The van der Waals surface area contributed by atoms with Gasteiger partial charge in [-0.2, -0.15) is 5.10 Å². The Hall–Kier alpha value is -4.50. The Balaban J connectivity index is 1.56. The average Bonchev–Trinajstić information content (AvgIpc) is 3.31. The molecule has 0 fully saturated rings. The van der Waals surface area contributed by atoms with Crippen molar-refractivity contribution in [1.82, 2.24) is 19.7 Å². The van der Waals surface area contributed by atoms with Crippen LogP contribution in [0.25, 0.3) is 28.0 Å². The van der Waals surface area contributed by atoms with Gasteiger partial charge >= 0.3 is 11.9 Å². The van der Waals surface area contributed by atoms with E-state index < -0.39 is 11.9 Å². The summed E-state index contributed by atoms with van der Waals surface area (Å²) >= 11 is 0. The van der Waals surface area contributed by atoms with Crippen LogP contribution >= 0.6 is 0 Å². The topological polar surface area (TPSA) is 95.8 Å². The van der Waals surface area contributed by atoms with E-state index in [2.05, 4.69) is 23.7 Å². The second-order valence-electron chi connectivity index (χ2n) is 8.32. The third kappa shape index (κ3) is 5.07. The summed E-state index contributed by atoms with van der Waals surface area (Å²) in [4.78, 5) is 31.2. The second-order valence-corrected chi connectivity index (χ2v) is 8.32. The Labute approximate surface area is 213 Å². The lowest BCUT2D eigenvalue weighted by atomic mass is 10.1. The Morgan fingerprint density at radius 1 is 0.919 bits per heavy atom. The molecule has 3 heterocycles. The van der Waals surface area contributed by atoms with Crippen molar-refractivity contribution >= 4 is 23.0 Å². The van der Waals surface area contributed by atoms with Crippen molar-refractivity contribution < 1.29 is 23.8 Å². The minimum Gasteiger partial charge on any atom is -0.492 e. The van der Waals surface area contributed by atoms with Crippen molar-refractivity contribution in [3.8, 4) is 34.2 Å². The molecule has 188 valence electrons. The van der Waals surface area contributed by atoms with Crippen molar-refractivity contribution in [1.29, 1.82) is 0 Å². The zero-order chi connectivity index (χ0) is 25.8. The molecule has 4 aromatic rings. The van der Waals surface area contributed by atoms with Crippen LogP contribution in [0.4, 0.5) is 0 Å². The number of nitrogens with zero attached hydrogens (tertiary/aromatic N) is 4. The van der Waals surface area contributed by atoms with Gasteiger partial charge in [-0.15, -0.1) is 0 Å². The lowest BCUT2D eigenvalue weighted by Gasteiger charge is -2.18. The van der Waals surface area contributed by atoms with E-state index in [1.54, 1.807) is 4.68 Å². The van der Waals surface area contributed by atoms with Gasteiger partial charge in [-0.3, -0.25) is 0 Å². The maximum atomic E-state index is 12.3. The quantitative estimate of drug-likeness (QED) is 0.334. The summed E-state index contributed by atoms with van der Waals surface area (Å²) in [5.41, 5.74) is 2.51. The number of hydrogen-bond acceptors (Lipinski definition) is 8. The predicted octanol–water partition coefficient (Wildman–Crippen LogP) is 4.19. The summed E-state index contributed by atoms with van der Waals surface area (Å²) in [5, 5.41) is 5.29.